The van der Waals surface area contributed by atoms with Crippen molar-refractivity contribution < 1.29 is 18.0 Å². The predicted molar refractivity (Wildman–Crippen MR) is 182 cm³/mol. The number of carbonyl (C=O) groups is 1. The fraction of sp³-hybridized carbons (Fsp3) is 0.206. The number of amides is 2. The molecule has 6 rings (SSSR count). The normalized spacial score (nSPS) is 11.4. The summed E-state index contributed by atoms with van der Waals surface area (Å²) in [5.41, 5.74) is 0.0334. The lowest BCUT2D eigenvalue weighted by molar-refractivity contribution is 0.252. The molecule has 11 nitrogen and oxygen atoms in total. The number of hydrogen-bond donors (Lipinski definition) is 2. The minimum atomic E-state index is -0.848. The number of fused-ring (bicyclic) bond motifs is 1. The van der Waals surface area contributed by atoms with Crippen molar-refractivity contribution in [2.24, 2.45) is 0 Å². The molecule has 6 aromatic rings. The standard InChI is InChI=1S/C34H31F3N8O3S/c1-3-38-33(47)41-23-11-7-21(8-12-23)30-26(19-42(2)17-18-44-39-15-16-40-44)29-31(46)45(24-13-9-22(35)10-14-24)34(48)43(32(29)49-30)20-25-27(36)5-4-6-28(25)37/h4-16H,3,17-20H2,1-2H3,(H2,38,41,47). The van der Waals surface area contributed by atoms with Gasteiger partial charge in [-0.15, -0.1) is 11.3 Å². The van der Waals surface area contributed by atoms with Gasteiger partial charge < -0.3 is 15.5 Å². The van der Waals surface area contributed by atoms with E-state index in [2.05, 4.69) is 20.8 Å². The molecule has 0 bridgehead atoms. The van der Waals surface area contributed by atoms with E-state index in [1.165, 1.54) is 27.6 Å². The van der Waals surface area contributed by atoms with Crippen LogP contribution in [0.15, 0.2) is 88.7 Å². The number of hydrogen-bond acceptors (Lipinski definition) is 7. The Morgan fingerprint density at radius 2 is 1.59 bits per heavy atom. The van der Waals surface area contributed by atoms with Crippen LogP contribution < -0.4 is 21.9 Å². The van der Waals surface area contributed by atoms with Gasteiger partial charge in [-0.1, -0.05) is 18.2 Å². The molecule has 0 spiro atoms. The highest BCUT2D eigenvalue weighted by molar-refractivity contribution is 7.22. The number of aromatic nitrogens is 5. The molecule has 3 aromatic carbocycles. The maximum atomic E-state index is 15.0. The van der Waals surface area contributed by atoms with Crippen molar-refractivity contribution in [1.82, 2.24) is 34.3 Å². The first-order valence-electron chi connectivity index (χ1n) is 15.3. The first kappa shape index (κ1) is 33.4. The summed E-state index contributed by atoms with van der Waals surface area (Å²) >= 11 is 1.14. The van der Waals surface area contributed by atoms with Crippen LogP contribution in [-0.4, -0.2) is 55.2 Å². The Hall–Kier alpha value is -5.54. The minimum absolute atomic E-state index is 0.0960. The molecule has 3 heterocycles. The van der Waals surface area contributed by atoms with Crippen LogP contribution in [-0.2, 0) is 19.6 Å². The van der Waals surface area contributed by atoms with E-state index < -0.39 is 35.2 Å². The summed E-state index contributed by atoms with van der Waals surface area (Å²) in [5, 5.41) is 13.9. The molecule has 0 radical (unpaired) electrons. The van der Waals surface area contributed by atoms with Crippen LogP contribution >= 0.6 is 11.3 Å². The fourth-order valence-electron chi connectivity index (χ4n) is 5.46. The number of carbonyl (C=O) groups excluding carboxylic acids is 1. The Morgan fingerprint density at radius 1 is 0.918 bits per heavy atom. The maximum absolute atomic E-state index is 15.0. The van der Waals surface area contributed by atoms with E-state index in [0.717, 1.165) is 40.2 Å². The van der Waals surface area contributed by atoms with E-state index in [0.29, 0.717) is 41.3 Å². The summed E-state index contributed by atoms with van der Waals surface area (Å²) in [4.78, 5) is 45.0. The maximum Gasteiger partial charge on any atom is 0.337 e. The molecule has 3 aromatic heterocycles. The van der Waals surface area contributed by atoms with Crippen molar-refractivity contribution >= 4 is 33.3 Å². The molecular formula is C34H31F3N8O3S. The van der Waals surface area contributed by atoms with Crippen LogP contribution in [0.5, 0.6) is 0 Å². The molecule has 2 N–H and O–H groups in total. The van der Waals surface area contributed by atoms with Crippen molar-refractivity contribution in [1.29, 1.82) is 0 Å². The summed E-state index contributed by atoms with van der Waals surface area (Å²) < 4.78 is 46.0. The number of halogens is 3. The fourth-order valence-corrected chi connectivity index (χ4v) is 6.76. The van der Waals surface area contributed by atoms with Gasteiger partial charge in [0.1, 0.15) is 22.3 Å². The Kier molecular flexibility index (Phi) is 9.73. The van der Waals surface area contributed by atoms with Gasteiger partial charge in [0, 0.05) is 35.8 Å². The molecule has 2 amide bonds. The van der Waals surface area contributed by atoms with Gasteiger partial charge in [-0.3, -0.25) is 9.36 Å². The van der Waals surface area contributed by atoms with Crippen molar-refractivity contribution in [2.75, 3.05) is 25.5 Å². The summed E-state index contributed by atoms with van der Waals surface area (Å²) in [6, 6.07) is 14.9. The van der Waals surface area contributed by atoms with Crippen LogP contribution in [0.2, 0.25) is 0 Å². The molecule has 0 saturated carbocycles. The first-order chi connectivity index (χ1) is 23.6. The van der Waals surface area contributed by atoms with Crippen molar-refractivity contribution in [2.45, 2.75) is 26.6 Å². The number of urea groups is 1. The quantitative estimate of drug-likeness (QED) is 0.193. The van der Waals surface area contributed by atoms with E-state index in [-0.39, 0.29) is 34.0 Å². The second-order valence-corrected chi connectivity index (χ2v) is 12.2. The first-order valence-corrected chi connectivity index (χ1v) is 16.1. The van der Waals surface area contributed by atoms with Gasteiger partial charge in [-0.25, -0.2) is 27.3 Å². The van der Waals surface area contributed by atoms with E-state index >= 15 is 0 Å². The van der Waals surface area contributed by atoms with Crippen LogP contribution in [0, 0.1) is 17.5 Å². The smallest absolute Gasteiger partial charge is 0.337 e. The summed E-state index contributed by atoms with van der Waals surface area (Å²) in [7, 11) is 1.86. The molecule has 252 valence electrons. The van der Waals surface area contributed by atoms with Crippen molar-refractivity contribution in [3.8, 4) is 16.1 Å². The Balaban J connectivity index is 1.57. The molecule has 0 unspecified atom stereocenters. The lowest BCUT2D eigenvalue weighted by Gasteiger charge is -2.18. The van der Waals surface area contributed by atoms with E-state index in [9.17, 15) is 27.6 Å². The van der Waals surface area contributed by atoms with Crippen molar-refractivity contribution in [3.05, 3.63) is 129 Å². The molecule has 15 heteroatoms. The number of thiophene rings is 1. The monoisotopic (exact) mass is 688 g/mol. The third kappa shape index (κ3) is 7.03. The summed E-state index contributed by atoms with van der Waals surface area (Å²) in [6.45, 7) is 2.93. The zero-order chi connectivity index (χ0) is 34.7. The van der Waals surface area contributed by atoms with E-state index in [4.69, 9.17) is 0 Å². The number of rotatable bonds is 11. The van der Waals surface area contributed by atoms with Crippen LogP contribution in [0.3, 0.4) is 0 Å². The molecule has 0 saturated heterocycles. The molecular weight excluding hydrogens is 657 g/mol. The largest absolute Gasteiger partial charge is 0.338 e. The van der Waals surface area contributed by atoms with E-state index in [1.807, 2.05) is 11.9 Å². The second kappa shape index (κ2) is 14.3. The summed E-state index contributed by atoms with van der Waals surface area (Å²) in [5.74, 6) is -2.26. The lowest BCUT2D eigenvalue weighted by atomic mass is 10.1. The van der Waals surface area contributed by atoms with Gasteiger partial charge in [-0.05, 0) is 73.6 Å². The Bertz CT molecular complexity index is 2210. The number of nitrogens with zero attached hydrogens (tertiary/aromatic N) is 6. The molecule has 0 atom stereocenters. The number of anilines is 1. The van der Waals surface area contributed by atoms with Crippen LogP contribution in [0.4, 0.5) is 23.7 Å². The third-order valence-corrected chi connectivity index (χ3v) is 9.16. The Labute approximate surface area is 281 Å². The molecule has 49 heavy (non-hydrogen) atoms. The van der Waals surface area contributed by atoms with Crippen LogP contribution in [0.25, 0.3) is 26.3 Å². The van der Waals surface area contributed by atoms with E-state index in [1.54, 1.807) is 43.6 Å². The number of likely N-dealkylation sites (N-methyl/N-ethyl adjacent to an activating group) is 1. The molecule has 0 aliphatic heterocycles. The summed E-state index contributed by atoms with van der Waals surface area (Å²) in [6.07, 6.45) is 3.15. The number of benzene rings is 3. The highest BCUT2D eigenvalue weighted by atomic mass is 32.1. The average molecular weight is 689 g/mol. The minimum Gasteiger partial charge on any atom is -0.338 e. The number of nitrogens with one attached hydrogen (secondary N) is 2. The molecule has 0 fully saturated rings. The van der Waals surface area contributed by atoms with Gasteiger partial charge >= 0.3 is 11.7 Å². The van der Waals surface area contributed by atoms with Crippen molar-refractivity contribution in [3.63, 3.8) is 0 Å². The zero-order valence-electron chi connectivity index (χ0n) is 26.5. The highest BCUT2D eigenvalue weighted by Gasteiger charge is 2.26. The second-order valence-electron chi connectivity index (χ2n) is 11.2. The highest BCUT2D eigenvalue weighted by Crippen LogP contribution is 2.38. The average Bonchev–Trinajstić information content (AvgIpc) is 3.73. The van der Waals surface area contributed by atoms with Gasteiger partial charge in [0.25, 0.3) is 5.56 Å². The van der Waals surface area contributed by atoms with Gasteiger partial charge in [0.15, 0.2) is 0 Å². The molecule has 0 aliphatic carbocycles. The van der Waals surface area contributed by atoms with Gasteiger partial charge in [-0.2, -0.15) is 15.0 Å². The van der Waals surface area contributed by atoms with Gasteiger partial charge in [0.2, 0.25) is 0 Å². The SMILES string of the molecule is CCNC(=O)Nc1ccc(-c2sc3c(c2CN(C)CCn2nccn2)c(=O)n(-c2ccc(F)cc2)c(=O)n3Cc2c(F)cccc2F)cc1. The van der Waals surface area contributed by atoms with Crippen LogP contribution in [0.1, 0.15) is 18.1 Å². The lowest BCUT2D eigenvalue weighted by Crippen LogP contribution is -2.39. The third-order valence-electron chi connectivity index (χ3n) is 7.85. The zero-order valence-corrected chi connectivity index (χ0v) is 27.3. The molecule has 0 aliphatic rings. The predicted octanol–water partition coefficient (Wildman–Crippen LogP) is 5.21. The topological polar surface area (TPSA) is 119 Å². The Morgan fingerprint density at radius 3 is 2.24 bits per heavy atom. The van der Waals surface area contributed by atoms with Gasteiger partial charge in [0.05, 0.1) is 36.6 Å².